The van der Waals surface area contributed by atoms with Gasteiger partial charge >= 0.3 is 0 Å². The molecule has 1 unspecified atom stereocenters. The van der Waals surface area contributed by atoms with Crippen molar-refractivity contribution in [3.63, 3.8) is 0 Å². The molecular weight excluding hydrogens is 400 g/mol. The number of carbonyl (C=O) groups excluding carboxylic acids is 1. The molecule has 1 aromatic rings. The zero-order valence-electron chi connectivity index (χ0n) is 18.0. The Hall–Kier alpha value is -2.32. The van der Waals surface area contributed by atoms with Crippen molar-refractivity contribution in [1.29, 1.82) is 0 Å². The maximum absolute atomic E-state index is 13.1. The number of aromatic hydroxyl groups is 1. The molecule has 1 saturated carbocycles. The lowest BCUT2D eigenvalue weighted by atomic mass is 9.85. The van der Waals surface area contributed by atoms with Gasteiger partial charge in [0.2, 0.25) is 0 Å². The topological polar surface area (TPSA) is 108 Å². The molecule has 5 rings (SSSR count). The van der Waals surface area contributed by atoms with Gasteiger partial charge in [0, 0.05) is 37.2 Å². The van der Waals surface area contributed by atoms with Gasteiger partial charge in [-0.25, -0.2) is 0 Å². The van der Waals surface area contributed by atoms with Crippen molar-refractivity contribution in [2.24, 2.45) is 5.92 Å². The number of phenols is 1. The number of carboxylic acid groups (broad SMARTS) is 1. The summed E-state index contributed by atoms with van der Waals surface area (Å²) in [6.07, 6.45) is 6.77. The lowest BCUT2D eigenvalue weighted by molar-refractivity contribution is -0.134. The van der Waals surface area contributed by atoms with Crippen molar-refractivity contribution >= 4 is 11.9 Å². The third-order valence-corrected chi connectivity index (χ3v) is 6.43. The molecule has 3 atom stereocenters. The molecule has 3 heterocycles. The Morgan fingerprint density at radius 2 is 1.87 bits per heavy atom. The van der Waals surface area contributed by atoms with Crippen molar-refractivity contribution in [3.05, 3.63) is 23.8 Å². The minimum absolute atomic E-state index is 0.0456. The molecule has 4 aliphatic rings. The van der Waals surface area contributed by atoms with Crippen LogP contribution in [0.3, 0.4) is 0 Å². The van der Waals surface area contributed by atoms with E-state index < -0.39 is 5.97 Å². The summed E-state index contributed by atoms with van der Waals surface area (Å²) in [7, 11) is 0. The highest BCUT2D eigenvalue weighted by Gasteiger charge is 2.47. The number of rotatable bonds is 4. The Morgan fingerprint density at radius 1 is 1.19 bits per heavy atom. The molecule has 4 fully saturated rings. The van der Waals surface area contributed by atoms with Crippen LogP contribution in [-0.2, 0) is 9.53 Å². The monoisotopic (exact) mass is 432 g/mol. The number of nitrogens with zero attached hydrogens (tertiary/aromatic N) is 1. The van der Waals surface area contributed by atoms with Crippen molar-refractivity contribution in [2.75, 3.05) is 26.3 Å². The molecular formula is C23H32N2O6. The molecule has 1 amide bonds. The minimum atomic E-state index is -0.833. The van der Waals surface area contributed by atoms with E-state index in [4.69, 9.17) is 19.4 Å². The predicted molar refractivity (Wildman–Crippen MR) is 113 cm³/mol. The molecule has 3 aliphatic heterocycles. The predicted octanol–water partition coefficient (Wildman–Crippen LogP) is 2.40. The van der Waals surface area contributed by atoms with Crippen LogP contribution in [0.15, 0.2) is 18.2 Å². The van der Waals surface area contributed by atoms with Gasteiger partial charge < -0.3 is 29.9 Å². The third kappa shape index (κ3) is 5.68. The van der Waals surface area contributed by atoms with Gasteiger partial charge in [0.25, 0.3) is 11.9 Å². The molecule has 1 spiro atoms. The third-order valence-electron chi connectivity index (χ3n) is 6.43. The minimum Gasteiger partial charge on any atom is -0.508 e. The van der Waals surface area contributed by atoms with Crippen molar-refractivity contribution in [1.82, 2.24) is 10.2 Å². The number of amides is 1. The summed E-state index contributed by atoms with van der Waals surface area (Å²) in [5, 5.41) is 21.1. The number of benzene rings is 1. The first-order valence-corrected chi connectivity index (χ1v) is 11.2. The summed E-state index contributed by atoms with van der Waals surface area (Å²) in [6.45, 7) is 3.55. The van der Waals surface area contributed by atoms with Crippen molar-refractivity contribution < 1.29 is 29.3 Å². The summed E-state index contributed by atoms with van der Waals surface area (Å²) in [4.78, 5) is 24.0. The van der Waals surface area contributed by atoms with Crippen LogP contribution < -0.4 is 10.1 Å². The number of hydrogen-bond donors (Lipinski definition) is 3. The van der Waals surface area contributed by atoms with Crippen LogP contribution >= 0.6 is 0 Å². The zero-order valence-corrected chi connectivity index (χ0v) is 18.0. The summed E-state index contributed by atoms with van der Waals surface area (Å²) < 4.78 is 12.0. The van der Waals surface area contributed by atoms with Crippen LogP contribution in [0.25, 0.3) is 0 Å². The largest absolute Gasteiger partial charge is 0.508 e. The fraction of sp³-hybridized carbons (Fsp3) is 0.652. The van der Waals surface area contributed by atoms with Crippen LogP contribution in [0.5, 0.6) is 11.5 Å². The second-order valence-corrected chi connectivity index (χ2v) is 9.29. The van der Waals surface area contributed by atoms with Gasteiger partial charge in [-0.05, 0) is 56.6 Å². The highest BCUT2D eigenvalue weighted by atomic mass is 16.5. The van der Waals surface area contributed by atoms with Gasteiger partial charge in [0.15, 0.2) is 0 Å². The molecule has 31 heavy (non-hydrogen) atoms. The number of phenolic OH excluding ortho intramolecular Hbond substituents is 1. The number of aliphatic carboxylic acids is 1. The molecule has 0 radical (unpaired) electrons. The van der Waals surface area contributed by atoms with Crippen LogP contribution in [-0.4, -0.2) is 71.0 Å². The number of morpholine rings is 1. The smallest absolute Gasteiger partial charge is 0.300 e. The second-order valence-electron chi connectivity index (χ2n) is 9.29. The first-order chi connectivity index (χ1) is 14.8. The fourth-order valence-corrected chi connectivity index (χ4v) is 4.94. The highest BCUT2D eigenvalue weighted by molar-refractivity contribution is 5.95. The number of ether oxygens (including phenoxy) is 2. The van der Waals surface area contributed by atoms with Gasteiger partial charge in [-0.2, -0.15) is 0 Å². The molecule has 2 bridgehead atoms. The maximum atomic E-state index is 13.1. The summed E-state index contributed by atoms with van der Waals surface area (Å²) in [5.74, 6) is 0.402. The van der Waals surface area contributed by atoms with Crippen LogP contribution in [0, 0.1) is 5.92 Å². The van der Waals surface area contributed by atoms with Crippen molar-refractivity contribution in [3.8, 4) is 11.5 Å². The number of piperidine rings is 1. The van der Waals surface area contributed by atoms with E-state index in [0.29, 0.717) is 55.6 Å². The molecule has 170 valence electrons. The fourth-order valence-electron chi connectivity index (χ4n) is 4.94. The summed E-state index contributed by atoms with van der Waals surface area (Å²) >= 11 is 0. The van der Waals surface area contributed by atoms with E-state index in [-0.39, 0.29) is 17.3 Å². The average Bonchev–Trinajstić information content (AvgIpc) is 3.48. The molecule has 8 nitrogen and oxygen atoms in total. The van der Waals surface area contributed by atoms with Gasteiger partial charge in [-0.15, -0.1) is 0 Å². The Bertz CT molecular complexity index is 808. The van der Waals surface area contributed by atoms with Crippen LogP contribution in [0.1, 0.15) is 55.8 Å². The molecule has 0 aromatic heterocycles. The molecule has 3 N–H and O–H groups in total. The normalized spacial score (nSPS) is 29.3. The molecule has 8 heteroatoms. The lowest BCUT2D eigenvalue weighted by Crippen LogP contribution is -2.60. The molecule has 3 saturated heterocycles. The first kappa shape index (κ1) is 21.9. The van der Waals surface area contributed by atoms with E-state index >= 15 is 0 Å². The Morgan fingerprint density at radius 3 is 2.52 bits per heavy atom. The number of carboxylic acids is 1. The number of nitrogens with one attached hydrogen (secondary N) is 1. The van der Waals surface area contributed by atoms with Crippen molar-refractivity contribution in [2.45, 2.75) is 63.1 Å². The highest BCUT2D eigenvalue weighted by Crippen LogP contribution is 2.39. The van der Waals surface area contributed by atoms with E-state index in [1.54, 1.807) is 18.2 Å². The number of fused-ring (bicyclic) bond motifs is 2. The first-order valence-electron chi connectivity index (χ1n) is 11.2. The Balaban J connectivity index is 0.000000535. The zero-order chi connectivity index (χ0) is 22.0. The molecule has 1 aromatic carbocycles. The summed E-state index contributed by atoms with van der Waals surface area (Å²) in [5.41, 5.74) is 0.280. The van der Waals surface area contributed by atoms with Gasteiger partial charge in [0.1, 0.15) is 11.5 Å². The number of hydrogen-bond acceptors (Lipinski definition) is 6. The SMILES string of the molecule is CC(=O)O.O=C(c1cc(O)cc(OCC2CC2)c1)N1CCOC2(C[C@H]3CC[C@@H](C2)N3)C1. The van der Waals surface area contributed by atoms with E-state index in [0.717, 1.165) is 19.8 Å². The van der Waals surface area contributed by atoms with Gasteiger partial charge in [-0.1, -0.05) is 0 Å². The number of carbonyl (C=O) groups is 2. The second kappa shape index (κ2) is 9.04. The lowest BCUT2D eigenvalue weighted by Gasteiger charge is -2.47. The van der Waals surface area contributed by atoms with Crippen LogP contribution in [0.4, 0.5) is 0 Å². The standard InChI is InChI=1S/C21H28N2O4.C2H4O2/c24-18-7-15(8-19(9-18)26-12-14-1-2-14)20(25)23-5-6-27-21(13-23)10-16-3-4-17(11-21)22-16;1-2(3)4/h7-9,14,16-17,22,24H,1-6,10-13H2;1H3,(H,3,4)/t16-,17+,21?;. The maximum Gasteiger partial charge on any atom is 0.300 e. The Labute approximate surface area is 182 Å². The van der Waals surface area contributed by atoms with Gasteiger partial charge in [0.05, 0.1) is 25.4 Å². The average molecular weight is 433 g/mol. The van der Waals surface area contributed by atoms with E-state index in [2.05, 4.69) is 5.32 Å². The van der Waals surface area contributed by atoms with Crippen LogP contribution in [0.2, 0.25) is 0 Å². The summed E-state index contributed by atoms with van der Waals surface area (Å²) in [6, 6.07) is 5.92. The molecule has 1 aliphatic carbocycles. The van der Waals surface area contributed by atoms with E-state index in [1.165, 1.54) is 25.7 Å². The van der Waals surface area contributed by atoms with E-state index in [1.807, 2.05) is 4.90 Å². The van der Waals surface area contributed by atoms with E-state index in [9.17, 15) is 9.90 Å². The Kier molecular flexibility index (Phi) is 6.39. The quantitative estimate of drug-likeness (QED) is 0.670. The van der Waals surface area contributed by atoms with Gasteiger partial charge in [-0.3, -0.25) is 9.59 Å².